The van der Waals surface area contributed by atoms with Crippen molar-refractivity contribution in [2.45, 2.75) is 0 Å². The number of anilines is 1. The number of benzene rings is 3. The number of nitrogens with zero attached hydrogens (tertiary/aromatic N) is 3. The Morgan fingerprint density at radius 1 is 0.914 bits per heavy atom. The molecule has 0 fully saturated rings. The van der Waals surface area contributed by atoms with Crippen molar-refractivity contribution in [3.05, 3.63) is 89.5 Å². The molecular weight excluding hydrogens is 444 g/mol. The van der Waals surface area contributed by atoms with Crippen LogP contribution in [0.25, 0.3) is 10.9 Å². The third-order valence-electron chi connectivity index (χ3n) is 5.61. The van der Waals surface area contributed by atoms with E-state index < -0.39 is 5.97 Å². The van der Waals surface area contributed by atoms with Gasteiger partial charge in [0, 0.05) is 29.2 Å². The SMILES string of the molecule is CN(C)CC(=O)N(C)c1ccc(N=C(c2ccccc2)c2c(O)[nH]c3cc(C(=O)O)ccc23)cc1. The molecule has 3 aromatic carbocycles. The number of fused-ring (bicyclic) bond motifs is 1. The Morgan fingerprint density at radius 3 is 2.23 bits per heavy atom. The molecule has 1 amide bonds. The molecule has 3 N–H and O–H groups in total. The summed E-state index contributed by atoms with van der Waals surface area (Å²) in [6, 6.07) is 21.4. The standard InChI is InChI=1S/C27H26N4O4/c1-30(2)16-23(32)31(3)20-12-10-19(11-13-20)28-25(17-7-5-4-6-8-17)24-21-14-9-18(27(34)35)15-22(21)29-26(24)33/h4-15,29,33H,16H2,1-3H3,(H,34,35). The predicted octanol–water partition coefficient (Wildman–Crippen LogP) is 4.27. The van der Waals surface area contributed by atoms with Crippen molar-refractivity contribution in [2.75, 3.05) is 32.6 Å². The molecule has 0 unspecified atom stereocenters. The fourth-order valence-corrected chi connectivity index (χ4v) is 3.82. The number of aromatic carboxylic acids is 1. The van der Waals surface area contributed by atoms with Gasteiger partial charge in [-0.25, -0.2) is 9.79 Å². The van der Waals surface area contributed by atoms with E-state index in [4.69, 9.17) is 4.99 Å². The first-order valence-corrected chi connectivity index (χ1v) is 11.0. The molecule has 0 atom stereocenters. The lowest BCUT2D eigenvalue weighted by Gasteiger charge is -2.19. The molecule has 0 aliphatic heterocycles. The van der Waals surface area contributed by atoms with Crippen molar-refractivity contribution in [2.24, 2.45) is 4.99 Å². The highest BCUT2D eigenvalue weighted by atomic mass is 16.4. The number of aliphatic imine (C=N–C) groups is 1. The summed E-state index contributed by atoms with van der Waals surface area (Å²) in [7, 11) is 5.42. The number of likely N-dealkylation sites (N-methyl/N-ethyl adjacent to an activating group) is 2. The molecule has 0 aliphatic carbocycles. The number of carbonyl (C=O) groups excluding carboxylic acids is 1. The van der Waals surface area contributed by atoms with Gasteiger partial charge in [-0.15, -0.1) is 0 Å². The summed E-state index contributed by atoms with van der Waals surface area (Å²) in [5.41, 5.74) is 3.79. The highest BCUT2D eigenvalue weighted by Gasteiger charge is 2.20. The fourth-order valence-electron chi connectivity index (χ4n) is 3.82. The van der Waals surface area contributed by atoms with Crippen LogP contribution in [0.1, 0.15) is 21.5 Å². The van der Waals surface area contributed by atoms with Gasteiger partial charge >= 0.3 is 5.97 Å². The van der Waals surface area contributed by atoms with Gasteiger partial charge in [-0.2, -0.15) is 0 Å². The van der Waals surface area contributed by atoms with Crippen molar-refractivity contribution in [1.29, 1.82) is 0 Å². The Labute approximate surface area is 202 Å². The number of aromatic hydroxyl groups is 1. The van der Waals surface area contributed by atoms with E-state index in [0.29, 0.717) is 34.4 Å². The molecular formula is C27H26N4O4. The first kappa shape index (κ1) is 23.7. The van der Waals surface area contributed by atoms with Gasteiger partial charge in [0.15, 0.2) is 5.88 Å². The maximum absolute atomic E-state index is 12.4. The van der Waals surface area contributed by atoms with Gasteiger partial charge in [0.05, 0.1) is 29.1 Å². The molecule has 1 heterocycles. The van der Waals surface area contributed by atoms with Crippen molar-refractivity contribution in [3.63, 3.8) is 0 Å². The molecule has 178 valence electrons. The van der Waals surface area contributed by atoms with Gasteiger partial charge in [-0.1, -0.05) is 36.4 Å². The van der Waals surface area contributed by atoms with Crippen LogP contribution in [0.4, 0.5) is 11.4 Å². The Morgan fingerprint density at radius 2 is 1.60 bits per heavy atom. The predicted molar refractivity (Wildman–Crippen MR) is 137 cm³/mol. The van der Waals surface area contributed by atoms with Crippen LogP contribution in [0, 0.1) is 0 Å². The van der Waals surface area contributed by atoms with E-state index in [9.17, 15) is 19.8 Å². The van der Waals surface area contributed by atoms with Gasteiger partial charge < -0.3 is 25.0 Å². The summed E-state index contributed by atoms with van der Waals surface area (Å²) in [5.74, 6) is -1.18. The molecule has 4 rings (SSSR count). The highest BCUT2D eigenvalue weighted by Crippen LogP contribution is 2.32. The molecule has 35 heavy (non-hydrogen) atoms. The molecule has 0 bridgehead atoms. The minimum atomic E-state index is -1.05. The Balaban J connectivity index is 1.78. The number of carboxylic acid groups (broad SMARTS) is 1. The van der Waals surface area contributed by atoms with Crippen LogP contribution in [-0.2, 0) is 4.79 Å². The average Bonchev–Trinajstić information content (AvgIpc) is 3.17. The molecule has 0 spiro atoms. The number of carboxylic acids is 1. The van der Waals surface area contributed by atoms with Gasteiger partial charge in [0.1, 0.15) is 0 Å². The molecule has 0 aliphatic rings. The van der Waals surface area contributed by atoms with Crippen LogP contribution in [-0.4, -0.2) is 65.4 Å². The summed E-state index contributed by atoms with van der Waals surface area (Å²) in [6.07, 6.45) is 0. The molecule has 8 heteroatoms. The van der Waals surface area contributed by atoms with Crippen molar-refractivity contribution in [1.82, 2.24) is 9.88 Å². The lowest BCUT2D eigenvalue weighted by atomic mass is 10.00. The number of H-pyrrole nitrogens is 1. The van der Waals surface area contributed by atoms with Gasteiger partial charge in [-0.3, -0.25) is 4.79 Å². The van der Waals surface area contributed by atoms with Crippen LogP contribution >= 0.6 is 0 Å². The van der Waals surface area contributed by atoms with E-state index in [-0.39, 0.29) is 17.4 Å². The van der Waals surface area contributed by atoms with Crippen LogP contribution in [0.2, 0.25) is 0 Å². The number of carbonyl (C=O) groups is 2. The van der Waals surface area contributed by atoms with Crippen molar-refractivity contribution < 1.29 is 19.8 Å². The van der Waals surface area contributed by atoms with Crippen LogP contribution in [0.3, 0.4) is 0 Å². The topological polar surface area (TPSA) is 109 Å². The van der Waals surface area contributed by atoms with Crippen molar-refractivity contribution in [3.8, 4) is 5.88 Å². The summed E-state index contributed by atoms with van der Waals surface area (Å²) in [6.45, 7) is 0.304. The first-order valence-electron chi connectivity index (χ1n) is 11.0. The quantitative estimate of drug-likeness (QED) is 0.350. The summed E-state index contributed by atoms with van der Waals surface area (Å²) in [5, 5.41) is 20.8. The first-order chi connectivity index (χ1) is 16.7. The molecule has 1 aromatic heterocycles. The molecule has 4 aromatic rings. The van der Waals surface area contributed by atoms with Crippen molar-refractivity contribution >= 4 is 39.9 Å². The number of rotatable bonds is 7. The maximum Gasteiger partial charge on any atom is 0.335 e. The van der Waals surface area contributed by atoms with E-state index in [0.717, 1.165) is 11.3 Å². The van der Waals surface area contributed by atoms with Gasteiger partial charge in [0.2, 0.25) is 5.91 Å². The largest absolute Gasteiger partial charge is 0.494 e. The summed E-state index contributed by atoms with van der Waals surface area (Å²) >= 11 is 0. The van der Waals surface area contributed by atoms with Crippen LogP contribution in [0.5, 0.6) is 5.88 Å². The minimum Gasteiger partial charge on any atom is -0.494 e. The van der Waals surface area contributed by atoms with E-state index in [1.165, 1.54) is 12.1 Å². The maximum atomic E-state index is 12.4. The Hall–Kier alpha value is -4.43. The second-order valence-electron chi connectivity index (χ2n) is 8.45. The van der Waals surface area contributed by atoms with E-state index in [1.807, 2.05) is 73.6 Å². The number of hydrogen-bond donors (Lipinski definition) is 3. The number of hydrogen-bond acceptors (Lipinski definition) is 5. The summed E-state index contributed by atoms with van der Waals surface area (Å²) < 4.78 is 0. The molecule has 0 saturated carbocycles. The molecule has 0 saturated heterocycles. The number of aromatic amines is 1. The van der Waals surface area contributed by atoms with E-state index >= 15 is 0 Å². The Bertz CT molecular complexity index is 1410. The third kappa shape index (κ3) is 5.07. The van der Waals surface area contributed by atoms with Crippen LogP contribution in [0.15, 0.2) is 77.8 Å². The minimum absolute atomic E-state index is 0.0272. The lowest BCUT2D eigenvalue weighted by Crippen LogP contribution is -2.34. The normalized spacial score (nSPS) is 11.7. The molecule has 0 radical (unpaired) electrons. The van der Waals surface area contributed by atoms with Crippen LogP contribution < -0.4 is 4.90 Å². The van der Waals surface area contributed by atoms with Gasteiger partial charge in [-0.05, 0) is 50.5 Å². The molecule has 8 nitrogen and oxygen atoms in total. The smallest absolute Gasteiger partial charge is 0.335 e. The van der Waals surface area contributed by atoms with E-state index in [2.05, 4.69) is 4.98 Å². The average molecular weight is 471 g/mol. The van der Waals surface area contributed by atoms with E-state index in [1.54, 1.807) is 18.0 Å². The third-order valence-corrected chi connectivity index (χ3v) is 5.61. The van der Waals surface area contributed by atoms with Gasteiger partial charge in [0.25, 0.3) is 0 Å². The summed E-state index contributed by atoms with van der Waals surface area (Å²) in [4.78, 5) is 34.9. The zero-order chi connectivity index (χ0) is 25.1. The number of aromatic nitrogens is 1. The zero-order valence-corrected chi connectivity index (χ0v) is 19.7. The monoisotopic (exact) mass is 470 g/mol. The highest BCUT2D eigenvalue weighted by molar-refractivity contribution is 6.22. The number of nitrogens with one attached hydrogen (secondary N) is 1. The Kier molecular flexibility index (Phi) is 6.66. The zero-order valence-electron chi connectivity index (χ0n) is 19.7. The number of amides is 1. The second kappa shape index (κ2) is 9.82. The fraction of sp³-hybridized carbons (Fsp3) is 0.148. The second-order valence-corrected chi connectivity index (χ2v) is 8.45. The lowest BCUT2D eigenvalue weighted by molar-refractivity contribution is -0.118.